The van der Waals surface area contributed by atoms with Gasteiger partial charge in [0.15, 0.2) is 0 Å². The van der Waals surface area contributed by atoms with E-state index in [1.54, 1.807) is 0 Å². The molecule has 1 aromatic rings. The highest BCUT2D eigenvalue weighted by atomic mass is 32.2. The highest BCUT2D eigenvalue weighted by molar-refractivity contribution is 7.91. The van der Waals surface area contributed by atoms with Crippen LogP contribution >= 0.6 is 11.3 Å². The number of hydrogen-bond acceptors (Lipinski definition) is 5. The van der Waals surface area contributed by atoms with Crippen LogP contribution in [0, 0.1) is 0 Å². The molecule has 0 spiro atoms. The molecule has 1 rings (SSSR count). The summed E-state index contributed by atoms with van der Waals surface area (Å²) in [4.78, 5) is 23.5. The number of amides is 1. The van der Waals surface area contributed by atoms with Gasteiger partial charge in [0, 0.05) is 26.5 Å². The molecular formula is C10H14N2O5S2. The van der Waals surface area contributed by atoms with E-state index >= 15 is 0 Å². The van der Waals surface area contributed by atoms with Gasteiger partial charge in [0.05, 0.1) is 12.1 Å². The van der Waals surface area contributed by atoms with E-state index in [1.807, 2.05) is 0 Å². The van der Waals surface area contributed by atoms with Gasteiger partial charge in [0.2, 0.25) is 5.91 Å². The quantitative estimate of drug-likeness (QED) is 0.836. The fraction of sp³-hybridized carbons (Fsp3) is 0.400. The number of carbonyl (C=O) groups is 2. The van der Waals surface area contributed by atoms with Crippen molar-refractivity contribution in [3.8, 4) is 0 Å². The first-order valence-electron chi connectivity index (χ1n) is 5.14. The zero-order chi connectivity index (χ0) is 14.8. The lowest BCUT2D eigenvalue weighted by atomic mass is 10.4. The summed E-state index contributed by atoms with van der Waals surface area (Å²) in [6.07, 6.45) is 0. The monoisotopic (exact) mass is 306 g/mol. The molecule has 0 bridgehead atoms. The highest BCUT2D eigenvalue weighted by Crippen LogP contribution is 2.23. The number of aromatic carboxylic acids is 1. The van der Waals surface area contributed by atoms with Crippen molar-refractivity contribution in [3.05, 3.63) is 17.0 Å². The zero-order valence-electron chi connectivity index (χ0n) is 10.7. The lowest BCUT2D eigenvalue weighted by Crippen LogP contribution is -2.37. The predicted octanol–water partition coefficient (Wildman–Crippen LogP) is 0.155. The standard InChI is InChI=1S/C10H14N2O5S2/c1-11(2)8(13)5-12(3)19(16,17)9-4-7(6-18-9)10(14)15/h4,6H,5H2,1-3H3,(H,14,15). The minimum atomic E-state index is -3.84. The molecule has 0 aliphatic carbocycles. The van der Waals surface area contributed by atoms with Crippen molar-refractivity contribution in [2.24, 2.45) is 0 Å². The third-order valence-electron chi connectivity index (χ3n) is 2.34. The van der Waals surface area contributed by atoms with Gasteiger partial charge in [-0.15, -0.1) is 11.3 Å². The van der Waals surface area contributed by atoms with Gasteiger partial charge in [-0.25, -0.2) is 13.2 Å². The van der Waals surface area contributed by atoms with E-state index in [4.69, 9.17) is 5.11 Å². The van der Waals surface area contributed by atoms with Crippen molar-refractivity contribution in [3.63, 3.8) is 0 Å². The van der Waals surface area contributed by atoms with Gasteiger partial charge in [-0.3, -0.25) is 4.79 Å². The van der Waals surface area contributed by atoms with Crippen LogP contribution < -0.4 is 0 Å². The molecule has 1 aromatic heterocycles. The Kier molecular flexibility index (Phi) is 4.66. The zero-order valence-corrected chi connectivity index (χ0v) is 12.3. The van der Waals surface area contributed by atoms with Crippen molar-refractivity contribution in [2.75, 3.05) is 27.7 Å². The highest BCUT2D eigenvalue weighted by Gasteiger charge is 2.26. The average Bonchev–Trinajstić information content (AvgIpc) is 2.78. The second kappa shape index (κ2) is 5.68. The Morgan fingerprint density at radius 2 is 1.89 bits per heavy atom. The van der Waals surface area contributed by atoms with E-state index < -0.39 is 16.0 Å². The Bertz CT molecular complexity index is 591. The molecule has 0 atom stereocenters. The molecule has 0 saturated heterocycles. The van der Waals surface area contributed by atoms with Crippen LogP contribution in [0.3, 0.4) is 0 Å². The summed E-state index contributed by atoms with van der Waals surface area (Å²) >= 11 is 0.813. The number of thiophene rings is 1. The number of likely N-dealkylation sites (N-methyl/N-ethyl adjacent to an activating group) is 2. The lowest BCUT2D eigenvalue weighted by molar-refractivity contribution is -0.128. The molecule has 0 radical (unpaired) electrons. The van der Waals surface area contributed by atoms with Gasteiger partial charge < -0.3 is 10.0 Å². The molecule has 0 aliphatic heterocycles. The third kappa shape index (κ3) is 3.52. The number of hydrogen-bond donors (Lipinski definition) is 1. The van der Waals surface area contributed by atoms with E-state index in [0.29, 0.717) is 0 Å². The second-order valence-corrected chi connectivity index (χ2v) is 7.19. The van der Waals surface area contributed by atoms with E-state index in [2.05, 4.69) is 0 Å². The van der Waals surface area contributed by atoms with Crippen molar-refractivity contribution in [1.82, 2.24) is 9.21 Å². The van der Waals surface area contributed by atoms with Crippen molar-refractivity contribution >= 4 is 33.2 Å². The summed E-state index contributed by atoms with van der Waals surface area (Å²) in [5.41, 5.74) is -0.0871. The first-order chi connectivity index (χ1) is 8.66. The normalized spacial score (nSPS) is 11.6. The molecule has 1 N–H and O–H groups in total. The molecule has 0 aliphatic rings. The number of sulfonamides is 1. The molecule has 1 amide bonds. The molecule has 1 heterocycles. The molecule has 0 aromatic carbocycles. The van der Waals surface area contributed by atoms with E-state index in [0.717, 1.165) is 21.7 Å². The smallest absolute Gasteiger partial charge is 0.336 e. The second-order valence-electron chi connectivity index (χ2n) is 4.01. The van der Waals surface area contributed by atoms with Crippen LogP contribution in [0.4, 0.5) is 0 Å². The minimum absolute atomic E-state index is 0.0871. The van der Waals surface area contributed by atoms with Crippen LogP contribution in [0.1, 0.15) is 10.4 Å². The lowest BCUT2D eigenvalue weighted by Gasteiger charge is -2.18. The van der Waals surface area contributed by atoms with Crippen LogP contribution in [0.5, 0.6) is 0 Å². The fourth-order valence-corrected chi connectivity index (χ4v) is 3.62. The molecule has 9 heteroatoms. The van der Waals surface area contributed by atoms with E-state index in [1.165, 1.54) is 31.4 Å². The molecule has 106 valence electrons. The summed E-state index contributed by atoms with van der Waals surface area (Å²) in [5.74, 6) is -1.55. The average molecular weight is 306 g/mol. The molecule has 0 unspecified atom stereocenters. The summed E-state index contributed by atoms with van der Waals surface area (Å²) < 4.78 is 25.0. The molecule has 7 nitrogen and oxygen atoms in total. The fourth-order valence-electron chi connectivity index (χ4n) is 1.13. The van der Waals surface area contributed by atoms with Crippen LogP contribution in [-0.4, -0.2) is 62.3 Å². The predicted molar refractivity (Wildman–Crippen MR) is 69.8 cm³/mol. The Morgan fingerprint density at radius 3 is 2.32 bits per heavy atom. The Hall–Kier alpha value is -1.45. The summed E-state index contributed by atoms with van der Waals surface area (Å²) in [7, 11) is 0.484. The first-order valence-corrected chi connectivity index (χ1v) is 7.46. The topological polar surface area (TPSA) is 95.0 Å². The number of rotatable bonds is 5. The molecular weight excluding hydrogens is 292 g/mol. The molecule has 0 fully saturated rings. The van der Waals surface area contributed by atoms with Crippen LogP contribution in [0.25, 0.3) is 0 Å². The van der Waals surface area contributed by atoms with E-state index in [9.17, 15) is 18.0 Å². The Morgan fingerprint density at radius 1 is 1.32 bits per heavy atom. The van der Waals surface area contributed by atoms with Crippen LogP contribution in [-0.2, 0) is 14.8 Å². The number of nitrogens with zero attached hydrogens (tertiary/aromatic N) is 2. The van der Waals surface area contributed by atoms with Gasteiger partial charge in [-0.2, -0.15) is 4.31 Å². The third-order valence-corrected chi connectivity index (χ3v) is 5.56. The van der Waals surface area contributed by atoms with Gasteiger partial charge in [-0.1, -0.05) is 0 Å². The number of carboxylic acids is 1. The number of carboxylic acid groups (broad SMARTS) is 1. The van der Waals surface area contributed by atoms with E-state index in [-0.39, 0.29) is 22.2 Å². The maximum absolute atomic E-state index is 12.1. The van der Waals surface area contributed by atoms with Gasteiger partial charge in [0.25, 0.3) is 10.0 Å². The minimum Gasteiger partial charge on any atom is -0.478 e. The summed E-state index contributed by atoms with van der Waals surface area (Å²) in [6.45, 7) is -0.296. The van der Waals surface area contributed by atoms with Crippen molar-refractivity contribution in [2.45, 2.75) is 4.21 Å². The number of carbonyl (C=O) groups excluding carboxylic acids is 1. The SMILES string of the molecule is CN(C)C(=O)CN(C)S(=O)(=O)c1cc(C(=O)O)cs1. The largest absolute Gasteiger partial charge is 0.478 e. The van der Waals surface area contributed by atoms with Gasteiger partial charge in [0.1, 0.15) is 4.21 Å². The van der Waals surface area contributed by atoms with Gasteiger partial charge in [-0.05, 0) is 6.07 Å². The Balaban J connectivity index is 2.96. The first kappa shape index (κ1) is 15.6. The van der Waals surface area contributed by atoms with Crippen LogP contribution in [0.2, 0.25) is 0 Å². The van der Waals surface area contributed by atoms with Crippen molar-refractivity contribution in [1.29, 1.82) is 0 Å². The maximum atomic E-state index is 12.1. The van der Waals surface area contributed by atoms with Gasteiger partial charge >= 0.3 is 5.97 Å². The molecule has 19 heavy (non-hydrogen) atoms. The van der Waals surface area contributed by atoms with Crippen LogP contribution in [0.15, 0.2) is 15.7 Å². The maximum Gasteiger partial charge on any atom is 0.336 e. The van der Waals surface area contributed by atoms with Crippen molar-refractivity contribution < 1.29 is 23.1 Å². The summed E-state index contributed by atoms with van der Waals surface area (Å²) in [6, 6.07) is 1.08. The summed E-state index contributed by atoms with van der Waals surface area (Å²) in [5, 5.41) is 10.0. The Labute approximate surface area is 115 Å². The molecule has 0 saturated carbocycles.